The predicted molar refractivity (Wildman–Crippen MR) is 39.3 cm³/mol. The van der Waals surface area contributed by atoms with Crippen LogP contribution in [0.25, 0.3) is 0 Å². The molecule has 3 heteroatoms. The fourth-order valence-electron chi connectivity index (χ4n) is 0.855. The minimum Gasteiger partial charge on any atom is -1.00 e. The Kier molecular flexibility index (Phi) is 5.47. The van der Waals surface area contributed by atoms with E-state index in [4.69, 9.17) is 11.8 Å². The first-order chi connectivity index (χ1) is 3.39. The third kappa shape index (κ3) is 3.12. The summed E-state index contributed by atoms with van der Waals surface area (Å²) in [6.45, 7) is 2.17. The van der Waals surface area contributed by atoms with Crippen LogP contribution >= 0.6 is 11.8 Å². The molecular weight excluding hydrogens is 134 g/mol. The second-order valence-electron chi connectivity index (χ2n) is 1.97. The molecule has 0 radical (unpaired) electrons. The van der Waals surface area contributed by atoms with Gasteiger partial charge in [-0.2, -0.15) is 0 Å². The average molecular weight is 146 g/mol. The van der Waals surface area contributed by atoms with Gasteiger partial charge in [-0.1, -0.05) is 6.42 Å². The van der Waals surface area contributed by atoms with E-state index < -0.39 is 0 Å². The summed E-state index contributed by atoms with van der Waals surface area (Å²) >= 11 is 5.65. The summed E-state index contributed by atoms with van der Waals surface area (Å²) in [5, 5.41) is 0. The first-order valence-electron chi connectivity index (χ1n) is 2.80. The van der Waals surface area contributed by atoms with Crippen LogP contribution in [-0.4, -0.2) is 40.6 Å². The zero-order valence-electron chi connectivity index (χ0n) is 7.07. The molecule has 0 bridgehead atoms. The maximum absolute atomic E-state index is 5.65. The van der Waals surface area contributed by atoms with E-state index in [-0.39, 0.29) is 25.9 Å². The molecule has 1 saturated heterocycles. The largest absolute Gasteiger partial charge is 2.00 e. The van der Waals surface area contributed by atoms with Crippen LogP contribution in [0.4, 0.5) is 0 Å². The zero-order chi connectivity index (χ0) is 5.11. The Labute approximate surface area is 74.6 Å². The molecule has 0 spiro atoms. The van der Waals surface area contributed by atoms with Crippen LogP contribution in [0, 0.1) is 0 Å². The fraction of sp³-hybridized carbons (Fsp3) is 1.00. The molecule has 0 saturated carbocycles. The van der Waals surface area contributed by atoms with Gasteiger partial charge in [-0.05, 0) is 24.6 Å². The molecule has 0 aliphatic carbocycles. The smallest absolute Gasteiger partial charge is 1.00 e. The van der Waals surface area contributed by atoms with Crippen LogP contribution in [0.3, 0.4) is 0 Å². The van der Waals surface area contributed by atoms with E-state index in [1.165, 1.54) is 19.3 Å². The van der Waals surface area contributed by atoms with Crippen LogP contribution in [0.15, 0.2) is 0 Å². The molecule has 0 aromatic heterocycles. The van der Waals surface area contributed by atoms with Crippen LogP contribution in [0.5, 0.6) is 0 Å². The third-order valence-corrected chi connectivity index (χ3v) is 1.64. The van der Waals surface area contributed by atoms with Crippen molar-refractivity contribution in [1.29, 1.82) is 0 Å². The van der Waals surface area contributed by atoms with Gasteiger partial charge in [0.15, 0.2) is 0 Å². The summed E-state index contributed by atoms with van der Waals surface area (Å²) in [7, 11) is 0. The third-order valence-electron chi connectivity index (χ3n) is 1.30. The van der Waals surface area contributed by atoms with Crippen molar-refractivity contribution in [2.45, 2.75) is 19.3 Å². The van der Waals surface area contributed by atoms with Crippen LogP contribution in [0.1, 0.15) is 22.1 Å². The average Bonchev–Trinajstić information content (AvgIpc) is 1.69. The first kappa shape index (κ1) is 9.02. The van der Waals surface area contributed by atoms with Gasteiger partial charge >= 0.3 is 23.1 Å². The Hall–Kier alpha value is 1.02. The maximum Gasteiger partial charge on any atom is 2.00 e. The van der Waals surface area contributed by atoms with Crippen molar-refractivity contribution in [2.24, 2.45) is 0 Å². The van der Waals surface area contributed by atoms with Gasteiger partial charge in [-0.25, -0.2) is 4.42 Å². The van der Waals surface area contributed by atoms with Crippen molar-refractivity contribution in [3.05, 3.63) is 0 Å². The molecular formula is C5H12ClMgN. The number of rotatable bonds is 0. The van der Waals surface area contributed by atoms with E-state index in [1.807, 2.05) is 4.42 Å². The molecule has 1 rings (SSSR count). The molecule has 0 N–H and O–H groups in total. The molecule has 0 unspecified atom stereocenters. The van der Waals surface area contributed by atoms with Crippen molar-refractivity contribution < 1.29 is 2.85 Å². The zero-order valence-corrected chi connectivity index (χ0v) is 7.24. The molecule has 1 heterocycles. The Morgan fingerprint density at radius 2 is 1.62 bits per heavy atom. The van der Waals surface area contributed by atoms with Gasteiger partial charge in [0.2, 0.25) is 0 Å². The normalized spacial score (nSPS) is 22.1. The van der Waals surface area contributed by atoms with E-state index in [0.29, 0.717) is 0 Å². The number of nitrogens with zero attached hydrogens (tertiary/aromatic N) is 1. The van der Waals surface area contributed by atoms with Gasteiger partial charge in [0.05, 0.1) is 0 Å². The molecule has 1 fully saturated rings. The molecule has 1 nitrogen and oxygen atoms in total. The quantitative estimate of drug-likeness (QED) is 0.369. The van der Waals surface area contributed by atoms with Gasteiger partial charge in [0.1, 0.15) is 0 Å². The maximum atomic E-state index is 5.65. The Morgan fingerprint density at radius 1 is 1.12 bits per heavy atom. The van der Waals surface area contributed by atoms with Crippen LogP contribution in [-0.2, 0) is 0 Å². The molecule has 1 aliphatic rings. The molecule has 46 valence electrons. The van der Waals surface area contributed by atoms with Crippen molar-refractivity contribution in [1.82, 2.24) is 4.42 Å². The molecule has 0 atom stereocenters. The second kappa shape index (κ2) is 4.85. The Morgan fingerprint density at radius 3 is 1.88 bits per heavy atom. The van der Waals surface area contributed by atoms with E-state index in [1.54, 1.807) is 0 Å². The number of hydrogen-bond donors (Lipinski definition) is 0. The van der Waals surface area contributed by atoms with Crippen molar-refractivity contribution in [3.63, 3.8) is 0 Å². The Balaban J connectivity index is -0.000000163. The van der Waals surface area contributed by atoms with Crippen molar-refractivity contribution in [2.75, 3.05) is 13.1 Å². The predicted octanol–water partition coefficient (Wildman–Crippen LogP) is 1.47. The SMILES string of the molecule is ClN1CCCCC1.[H-].[H-].[Mg+2]. The molecule has 8 heavy (non-hydrogen) atoms. The summed E-state index contributed by atoms with van der Waals surface area (Å²) < 4.78 is 1.86. The van der Waals surface area contributed by atoms with E-state index >= 15 is 0 Å². The van der Waals surface area contributed by atoms with Gasteiger partial charge in [-0.15, -0.1) is 0 Å². The van der Waals surface area contributed by atoms with Crippen molar-refractivity contribution >= 4 is 34.8 Å². The summed E-state index contributed by atoms with van der Waals surface area (Å²) in [5.74, 6) is 0. The summed E-state index contributed by atoms with van der Waals surface area (Å²) in [5.41, 5.74) is 0. The Bertz CT molecular complexity index is 61.6. The fourth-order valence-corrected chi connectivity index (χ4v) is 1.09. The van der Waals surface area contributed by atoms with Crippen molar-refractivity contribution in [3.8, 4) is 0 Å². The van der Waals surface area contributed by atoms with Crippen LogP contribution < -0.4 is 0 Å². The second-order valence-corrected chi connectivity index (χ2v) is 2.45. The summed E-state index contributed by atoms with van der Waals surface area (Å²) in [4.78, 5) is 0. The van der Waals surface area contributed by atoms with E-state index in [9.17, 15) is 0 Å². The first-order valence-corrected chi connectivity index (χ1v) is 3.14. The standard InChI is InChI=1S/C5H10ClN.Mg.2H/c6-7-4-2-1-3-5-7;;;/h1-5H2;;;/q;+2;2*-1. The summed E-state index contributed by atoms with van der Waals surface area (Å²) in [6, 6.07) is 0. The number of hydrogen-bond acceptors (Lipinski definition) is 1. The number of halogens is 1. The minimum atomic E-state index is 0. The molecule has 0 aromatic rings. The molecule has 0 amide bonds. The summed E-state index contributed by atoms with van der Waals surface area (Å²) in [6.07, 6.45) is 3.93. The van der Waals surface area contributed by atoms with Crippen LogP contribution in [0.2, 0.25) is 0 Å². The van der Waals surface area contributed by atoms with Gasteiger partial charge in [0.25, 0.3) is 0 Å². The topological polar surface area (TPSA) is 3.24 Å². The molecule has 0 aromatic carbocycles. The molecule has 1 aliphatic heterocycles. The number of piperidine rings is 1. The monoisotopic (exact) mass is 145 g/mol. The van der Waals surface area contributed by atoms with Gasteiger partial charge in [-0.3, -0.25) is 0 Å². The minimum absolute atomic E-state index is 0. The van der Waals surface area contributed by atoms with E-state index in [2.05, 4.69) is 0 Å². The van der Waals surface area contributed by atoms with Gasteiger partial charge in [0, 0.05) is 13.1 Å². The van der Waals surface area contributed by atoms with E-state index in [0.717, 1.165) is 13.1 Å². The van der Waals surface area contributed by atoms with Gasteiger partial charge < -0.3 is 2.85 Å².